The van der Waals surface area contributed by atoms with E-state index in [2.05, 4.69) is 13.0 Å². The molecule has 0 bridgehead atoms. The van der Waals surface area contributed by atoms with Crippen LogP contribution in [0.5, 0.6) is 0 Å². The van der Waals surface area contributed by atoms with Gasteiger partial charge in [-0.25, -0.2) is 0 Å². The van der Waals surface area contributed by atoms with Crippen molar-refractivity contribution in [3.05, 3.63) is 11.6 Å². The van der Waals surface area contributed by atoms with Crippen LogP contribution in [0.25, 0.3) is 0 Å². The molecule has 2 aliphatic rings. The third kappa shape index (κ3) is 2.84. The van der Waals surface area contributed by atoms with Crippen molar-refractivity contribution in [2.45, 2.75) is 64.3 Å². The van der Waals surface area contributed by atoms with E-state index in [-0.39, 0.29) is 0 Å². The first kappa shape index (κ1) is 11.2. The lowest BCUT2D eigenvalue weighted by molar-refractivity contribution is 0.208. The molecule has 0 heterocycles. The van der Waals surface area contributed by atoms with E-state index in [1.807, 2.05) is 0 Å². The number of hydrogen-bond acceptors (Lipinski definition) is 1. The Balaban J connectivity index is 1.91. The summed E-state index contributed by atoms with van der Waals surface area (Å²) in [6.07, 6.45) is 13.2. The predicted octanol–water partition coefficient (Wildman–Crippen LogP) is 3.64. The molecule has 0 amide bonds. The van der Waals surface area contributed by atoms with Crippen molar-refractivity contribution in [2.75, 3.05) is 0 Å². The Morgan fingerprint density at radius 2 is 2.20 bits per heavy atom. The molecule has 2 aliphatic carbocycles. The van der Waals surface area contributed by atoms with E-state index in [1.54, 1.807) is 5.57 Å². The Morgan fingerprint density at radius 1 is 1.33 bits per heavy atom. The summed E-state index contributed by atoms with van der Waals surface area (Å²) in [5.41, 5.74) is 7.83. The zero-order valence-corrected chi connectivity index (χ0v) is 10.0. The normalized spacial score (nSPS) is 36.7. The molecular weight excluding hydrogens is 182 g/mol. The van der Waals surface area contributed by atoms with Crippen LogP contribution in [0.1, 0.15) is 58.3 Å². The van der Waals surface area contributed by atoms with Crippen molar-refractivity contribution in [3.63, 3.8) is 0 Å². The van der Waals surface area contributed by atoms with E-state index in [0.717, 1.165) is 11.8 Å². The summed E-state index contributed by atoms with van der Waals surface area (Å²) in [4.78, 5) is 0. The largest absolute Gasteiger partial charge is 0.328 e. The third-order valence-corrected chi connectivity index (χ3v) is 4.36. The molecule has 1 heteroatoms. The molecule has 0 saturated heterocycles. The minimum Gasteiger partial charge on any atom is -0.328 e. The fraction of sp³-hybridized carbons (Fsp3) is 0.857. The molecule has 0 aromatic carbocycles. The van der Waals surface area contributed by atoms with Gasteiger partial charge in [0.1, 0.15) is 0 Å². The van der Waals surface area contributed by atoms with E-state index in [9.17, 15) is 0 Å². The topological polar surface area (TPSA) is 26.0 Å². The molecule has 3 unspecified atom stereocenters. The third-order valence-electron chi connectivity index (χ3n) is 4.36. The number of rotatable bonds is 3. The van der Waals surface area contributed by atoms with Crippen LogP contribution in [0.3, 0.4) is 0 Å². The summed E-state index contributed by atoms with van der Waals surface area (Å²) >= 11 is 0. The second-order valence-corrected chi connectivity index (χ2v) is 5.46. The maximum atomic E-state index is 6.10. The van der Waals surface area contributed by atoms with Gasteiger partial charge in [0.25, 0.3) is 0 Å². The van der Waals surface area contributed by atoms with Crippen molar-refractivity contribution >= 4 is 0 Å². The Bertz CT molecular complexity index is 231. The minimum atomic E-state index is 0.486. The van der Waals surface area contributed by atoms with E-state index in [1.165, 1.54) is 51.4 Å². The highest BCUT2D eigenvalue weighted by Crippen LogP contribution is 2.37. The highest BCUT2D eigenvalue weighted by atomic mass is 14.6. The van der Waals surface area contributed by atoms with Crippen LogP contribution < -0.4 is 5.73 Å². The zero-order valence-electron chi connectivity index (χ0n) is 10.0. The molecule has 0 radical (unpaired) electrons. The number of nitrogens with two attached hydrogens (primary N) is 1. The number of allylic oxidation sites excluding steroid dienone is 2. The highest BCUT2D eigenvalue weighted by molar-refractivity contribution is 5.09. The summed E-state index contributed by atoms with van der Waals surface area (Å²) in [6, 6.07) is 0.486. The summed E-state index contributed by atoms with van der Waals surface area (Å²) < 4.78 is 0. The Morgan fingerprint density at radius 3 is 2.87 bits per heavy atom. The standard InChI is InChI=1S/C14H25N/c1-2-12-7-8-14(15)10-13(12)9-11-5-3-4-6-11/h5,12-14H,2-4,6-10,15H2,1H3. The van der Waals surface area contributed by atoms with E-state index < -0.39 is 0 Å². The van der Waals surface area contributed by atoms with E-state index in [0.29, 0.717) is 6.04 Å². The van der Waals surface area contributed by atoms with Gasteiger partial charge in [-0.15, -0.1) is 0 Å². The van der Waals surface area contributed by atoms with Crippen molar-refractivity contribution in [3.8, 4) is 0 Å². The average molecular weight is 207 g/mol. The average Bonchev–Trinajstić information content (AvgIpc) is 2.71. The molecule has 1 nitrogen and oxygen atoms in total. The fourth-order valence-electron chi connectivity index (χ4n) is 3.41. The second-order valence-electron chi connectivity index (χ2n) is 5.46. The van der Waals surface area contributed by atoms with Crippen LogP contribution in [-0.4, -0.2) is 6.04 Å². The Hall–Kier alpha value is -0.300. The maximum absolute atomic E-state index is 6.10. The van der Waals surface area contributed by atoms with Crippen LogP contribution in [0.2, 0.25) is 0 Å². The van der Waals surface area contributed by atoms with Crippen LogP contribution in [0.15, 0.2) is 11.6 Å². The molecule has 0 aromatic heterocycles. The Kier molecular flexibility index (Phi) is 3.85. The van der Waals surface area contributed by atoms with E-state index in [4.69, 9.17) is 5.73 Å². The molecule has 3 atom stereocenters. The van der Waals surface area contributed by atoms with Gasteiger partial charge >= 0.3 is 0 Å². The van der Waals surface area contributed by atoms with Crippen LogP contribution in [-0.2, 0) is 0 Å². The summed E-state index contributed by atoms with van der Waals surface area (Å²) in [6.45, 7) is 2.34. The molecule has 0 spiro atoms. The minimum absolute atomic E-state index is 0.486. The van der Waals surface area contributed by atoms with Gasteiger partial charge < -0.3 is 5.73 Å². The second kappa shape index (κ2) is 5.16. The first-order valence-electron chi connectivity index (χ1n) is 6.73. The lowest BCUT2D eigenvalue weighted by Crippen LogP contribution is -2.33. The monoisotopic (exact) mass is 207 g/mol. The van der Waals surface area contributed by atoms with Crippen molar-refractivity contribution in [2.24, 2.45) is 17.6 Å². The van der Waals surface area contributed by atoms with Crippen LogP contribution in [0.4, 0.5) is 0 Å². The van der Waals surface area contributed by atoms with Crippen molar-refractivity contribution < 1.29 is 0 Å². The van der Waals surface area contributed by atoms with Gasteiger partial charge in [0.2, 0.25) is 0 Å². The molecule has 1 saturated carbocycles. The van der Waals surface area contributed by atoms with Gasteiger partial charge in [0.05, 0.1) is 0 Å². The van der Waals surface area contributed by atoms with Gasteiger partial charge in [0, 0.05) is 6.04 Å². The number of hydrogen-bond donors (Lipinski definition) is 1. The molecule has 2 N–H and O–H groups in total. The van der Waals surface area contributed by atoms with Gasteiger partial charge in [-0.3, -0.25) is 0 Å². The predicted molar refractivity (Wildman–Crippen MR) is 65.6 cm³/mol. The lowest BCUT2D eigenvalue weighted by Gasteiger charge is -2.34. The van der Waals surface area contributed by atoms with Crippen molar-refractivity contribution in [1.82, 2.24) is 0 Å². The molecular formula is C14H25N. The van der Waals surface area contributed by atoms with Gasteiger partial charge in [0.15, 0.2) is 0 Å². The van der Waals surface area contributed by atoms with Gasteiger partial charge in [-0.2, -0.15) is 0 Å². The summed E-state index contributed by atoms with van der Waals surface area (Å²) in [5.74, 6) is 1.84. The fourth-order valence-corrected chi connectivity index (χ4v) is 3.41. The first-order valence-corrected chi connectivity index (χ1v) is 6.73. The molecule has 1 fully saturated rings. The highest BCUT2D eigenvalue weighted by Gasteiger charge is 2.28. The van der Waals surface area contributed by atoms with Crippen LogP contribution >= 0.6 is 0 Å². The van der Waals surface area contributed by atoms with Gasteiger partial charge in [-0.1, -0.05) is 25.0 Å². The molecule has 86 valence electrons. The zero-order chi connectivity index (χ0) is 10.7. The Labute approximate surface area is 94.1 Å². The molecule has 2 rings (SSSR count). The molecule has 0 aromatic rings. The maximum Gasteiger partial charge on any atom is 0.00417 e. The summed E-state index contributed by atoms with van der Waals surface area (Å²) in [5, 5.41) is 0. The van der Waals surface area contributed by atoms with Gasteiger partial charge in [-0.05, 0) is 56.8 Å². The smallest absolute Gasteiger partial charge is 0.00417 e. The molecule has 0 aliphatic heterocycles. The van der Waals surface area contributed by atoms with Crippen LogP contribution in [0, 0.1) is 11.8 Å². The molecule has 15 heavy (non-hydrogen) atoms. The van der Waals surface area contributed by atoms with E-state index >= 15 is 0 Å². The summed E-state index contributed by atoms with van der Waals surface area (Å²) in [7, 11) is 0. The SMILES string of the molecule is CCC1CCC(N)CC1CC1=CCCC1. The first-order chi connectivity index (χ1) is 7.29. The lowest BCUT2D eigenvalue weighted by atomic mass is 9.73. The van der Waals surface area contributed by atoms with Crippen molar-refractivity contribution in [1.29, 1.82) is 0 Å². The quantitative estimate of drug-likeness (QED) is 0.702.